The molecule has 20 heavy (non-hydrogen) atoms. The Morgan fingerprint density at radius 3 is 2.20 bits per heavy atom. The van der Waals surface area contributed by atoms with E-state index in [-0.39, 0.29) is 17.9 Å². The number of carbonyl (C=O) groups excluding carboxylic acids is 1. The molecule has 1 aromatic heterocycles. The summed E-state index contributed by atoms with van der Waals surface area (Å²) in [5.41, 5.74) is 4.47. The van der Waals surface area contributed by atoms with Gasteiger partial charge >= 0.3 is 0 Å². The number of aryl methyl sites for hydroxylation is 4. The summed E-state index contributed by atoms with van der Waals surface area (Å²) in [4.78, 5) is 24.4. The molecule has 0 spiro atoms. The Bertz CT molecular complexity index is 703. The Hall–Kier alpha value is -2.16. The first kappa shape index (κ1) is 14.3. The minimum Gasteiger partial charge on any atom is -0.305 e. The van der Waals surface area contributed by atoms with Gasteiger partial charge in [-0.15, -0.1) is 0 Å². The van der Waals surface area contributed by atoms with E-state index in [1.54, 1.807) is 6.07 Å². The minimum absolute atomic E-state index is 0.0172. The molecular weight excluding hydrogens is 250 g/mol. The molecule has 2 aromatic rings. The normalized spacial score (nSPS) is 10.6. The van der Waals surface area contributed by atoms with Crippen molar-refractivity contribution in [3.05, 3.63) is 68.6 Å². The van der Waals surface area contributed by atoms with E-state index in [2.05, 4.69) is 0 Å². The summed E-state index contributed by atoms with van der Waals surface area (Å²) in [6, 6.07) is 9.03. The van der Waals surface area contributed by atoms with Gasteiger partial charge in [0.2, 0.25) is 0 Å². The van der Waals surface area contributed by atoms with Crippen LogP contribution in [-0.4, -0.2) is 10.4 Å². The number of hydrogen-bond acceptors (Lipinski definition) is 2. The van der Waals surface area contributed by atoms with Crippen LogP contribution in [0.2, 0.25) is 0 Å². The van der Waals surface area contributed by atoms with Gasteiger partial charge in [-0.05, 0) is 44.9 Å². The molecule has 0 aliphatic heterocycles. The van der Waals surface area contributed by atoms with E-state index in [9.17, 15) is 9.59 Å². The lowest BCUT2D eigenvalue weighted by molar-refractivity contribution is 0.0969. The van der Waals surface area contributed by atoms with Crippen LogP contribution in [0, 0.1) is 27.7 Å². The maximum absolute atomic E-state index is 12.5. The lowest BCUT2D eigenvalue weighted by atomic mass is 9.96. The van der Waals surface area contributed by atoms with Crippen LogP contribution in [-0.2, 0) is 6.54 Å². The van der Waals surface area contributed by atoms with Gasteiger partial charge in [-0.3, -0.25) is 9.59 Å². The number of rotatable bonds is 3. The quantitative estimate of drug-likeness (QED) is 0.804. The molecule has 3 nitrogen and oxygen atoms in total. The molecule has 0 radical (unpaired) electrons. The van der Waals surface area contributed by atoms with E-state index in [1.807, 2.05) is 45.9 Å². The average Bonchev–Trinajstić information content (AvgIpc) is 2.32. The summed E-state index contributed by atoms with van der Waals surface area (Å²) < 4.78 is 1.51. The van der Waals surface area contributed by atoms with Crippen molar-refractivity contribution in [3.63, 3.8) is 0 Å². The summed E-state index contributed by atoms with van der Waals surface area (Å²) in [5, 5.41) is 0. The highest BCUT2D eigenvalue weighted by Gasteiger charge is 2.14. The number of carbonyl (C=O) groups is 1. The molecule has 0 unspecified atom stereocenters. The van der Waals surface area contributed by atoms with E-state index < -0.39 is 0 Å². The summed E-state index contributed by atoms with van der Waals surface area (Å²) in [7, 11) is 0. The molecule has 2 rings (SSSR count). The van der Waals surface area contributed by atoms with E-state index in [4.69, 9.17) is 0 Å². The lowest BCUT2D eigenvalue weighted by Crippen LogP contribution is -2.25. The summed E-state index contributed by atoms with van der Waals surface area (Å²) in [6.07, 6.45) is 0. The first-order chi connectivity index (χ1) is 9.40. The number of ketones is 1. The monoisotopic (exact) mass is 269 g/mol. The first-order valence-corrected chi connectivity index (χ1v) is 6.67. The molecule has 1 heterocycles. The van der Waals surface area contributed by atoms with Crippen LogP contribution in [0.25, 0.3) is 0 Å². The van der Waals surface area contributed by atoms with Gasteiger partial charge in [0.15, 0.2) is 5.78 Å². The van der Waals surface area contributed by atoms with Crippen LogP contribution >= 0.6 is 0 Å². The maximum Gasteiger partial charge on any atom is 0.251 e. The number of aromatic nitrogens is 1. The summed E-state index contributed by atoms with van der Waals surface area (Å²) >= 11 is 0. The van der Waals surface area contributed by atoms with Gasteiger partial charge in [-0.25, -0.2) is 0 Å². The molecule has 0 saturated carbocycles. The van der Waals surface area contributed by atoms with Crippen LogP contribution in [0.4, 0.5) is 0 Å². The predicted molar refractivity (Wildman–Crippen MR) is 80.4 cm³/mol. The van der Waals surface area contributed by atoms with E-state index >= 15 is 0 Å². The fourth-order valence-corrected chi connectivity index (χ4v) is 2.67. The topological polar surface area (TPSA) is 39.1 Å². The van der Waals surface area contributed by atoms with Crippen molar-refractivity contribution in [2.45, 2.75) is 34.2 Å². The Morgan fingerprint density at radius 1 is 1.05 bits per heavy atom. The Balaban J connectivity index is 2.41. The van der Waals surface area contributed by atoms with Crippen molar-refractivity contribution in [1.82, 2.24) is 4.57 Å². The molecule has 104 valence electrons. The van der Waals surface area contributed by atoms with Crippen molar-refractivity contribution in [2.24, 2.45) is 0 Å². The van der Waals surface area contributed by atoms with Crippen LogP contribution in [0.5, 0.6) is 0 Å². The highest BCUT2D eigenvalue weighted by Crippen LogP contribution is 2.17. The second kappa shape index (κ2) is 5.45. The molecular formula is C17H19NO2. The molecule has 0 N–H and O–H groups in total. The number of pyridine rings is 1. The Morgan fingerprint density at radius 2 is 1.65 bits per heavy atom. The molecule has 0 amide bonds. The van der Waals surface area contributed by atoms with E-state index in [0.29, 0.717) is 0 Å². The van der Waals surface area contributed by atoms with E-state index in [1.165, 1.54) is 10.6 Å². The van der Waals surface area contributed by atoms with Crippen LogP contribution in [0.3, 0.4) is 0 Å². The molecule has 0 saturated heterocycles. The zero-order valence-electron chi connectivity index (χ0n) is 12.4. The third kappa shape index (κ3) is 2.72. The second-order valence-electron chi connectivity index (χ2n) is 5.29. The van der Waals surface area contributed by atoms with Crippen molar-refractivity contribution in [2.75, 3.05) is 0 Å². The average molecular weight is 269 g/mol. The van der Waals surface area contributed by atoms with Crippen LogP contribution in [0.1, 0.15) is 32.7 Å². The van der Waals surface area contributed by atoms with Gasteiger partial charge in [-0.1, -0.05) is 23.8 Å². The zero-order chi connectivity index (χ0) is 14.9. The fraction of sp³-hybridized carbons (Fsp3) is 0.294. The molecule has 0 bridgehead atoms. The van der Waals surface area contributed by atoms with Crippen molar-refractivity contribution in [1.29, 1.82) is 0 Å². The third-order valence-corrected chi connectivity index (χ3v) is 3.53. The molecule has 0 fully saturated rings. The fourth-order valence-electron chi connectivity index (χ4n) is 2.67. The van der Waals surface area contributed by atoms with Gasteiger partial charge in [0.25, 0.3) is 5.56 Å². The summed E-state index contributed by atoms with van der Waals surface area (Å²) in [5.74, 6) is -0.0172. The SMILES string of the molecule is Cc1cc(C)c(C(=O)Cn2c(C)cccc2=O)c(C)c1. The molecule has 3 heteroatoms. The highest BCUT2D eigenvalue weighted by atomic mass is 16.1. The van der Waals surface area contributed by atoms with Gasteiger partial charge < -0.3 is 4.57 Å². The van der Waals surface area contributed by atoms with Crippen LogP contribution < -0.4 is 5.56 Å². The lowest BCUT2D eigenvalue weighted by Gasteiger charge is -2.13. The van der Waals surface area contributed by atoms with Gasteiger partial charge in [0, 0.05) is 17.3 Å². The van der Waals surface area contributed by atoms with Gasteiger partial charge in [-0.2, -0.15) is 0 Å². The first-order valence-electron chi connectivity index (χ1n) is 6.67. The van der Waals surface area contributed by atoms with Gasteiger partial charge in [0.1, 0.15) is 0 Å². The van der Waals surface area contributed by atoms with Crippen molar-refractivity contribution in [3.8, 4) is 0 Å². The minimum atomic E-state index is -0.138. The summed E-state index contributed by atoms with van der Waals surface area (Å²) in [6.45, 7) is 7.82. The number of hydrogen-bond donors (Lipinski definition) is 0. The Labute approximate surface area is 118 Å². The Kier molecular flexibility index (Phi) is 3.89. The smallest absolute Gasteiger partial charge is 0.251 e. The largest absolute Gasteiger partial charge is 0.305 e. The van der Waals surface area contributed by atoms with Crippen molar-refractivity contribution < 1.29 is 4.79 Å². The highest BCUT2D eigenvalue weighted by molar-refractivity contribution is 5.98. The number of nitrogens with zero attached hydrogens (tertiary/aromatic N) is 1. The van der Waals surface area contributed by atoms with Crippen LogP contribution in [0.15, 0.2) is 35.1 Å². The maximum atomic E-state index is 12.5. The third-order valence-electron chi connectivity index (χ3n) is 3.53. The number of benzene rings is 1. The molecule has 0 aliphatic carbocycles. The second-order valence-corrected chi connectivity index (χ2v) is 5.29. The molecule has 0 atom stereocenters. The standard InChI is InChI=1S/C17H19NO2/c1-11-8-12(2)17(13(3)9-11)15(19)10-18-14(4)6-5-7-16(18)20/h5-9H,10H2,1-4H3. The molecule has 0 aliphatic rings. The van der Waals surface area contributed by atoms with Gasteiger partial charge in [0.05, 0.1) is 6.54 Å². The molecule has 1 aromatic carbocycles. The zero-order valence-corrected chi connectivity index (χ0v) is 12.4. The van der Waals surface area contributed by atoms with E-state index in [0.717, 1.165) is 27.9 Å². The van der Waals surface area contributed by atoms with Crippen molar-refractivity contribution >= 4 is 5.78 Å². The predicted octanol–water partition coefficient (Wildman–Crippen LogP) is 2.96. The number of Topliss-reactive ketones (excluding diaryl/α,β-unsaturated/α-hetero) is 1.